The van der Waals surface area contributed by atoms with E-state index in [0.717, 1.165) is 69.4 Å². The lowest BCUT2D eigenvalue weighted by Crippen LogP contribution is -2.43. The molecule has 8 heteroatoms. The molecule has 2 N–H and O–H groups in total. The lowest BCUT2D eigenvalue weighted by atomic mass is 9.96. The molecule has 166 valence electrons. The molecule has 1 aromatic heterocycles. The highest BCUT2D eigenvalue weighted by Crippen LogP contribution is 2.20. The van der Waals surface area contributed by atoms with Crippen LogP contribution in [0.5, 0.6) is 0 Å². The van der Waals surface area contributed by atoms with Gasteiger partial charge in [0.2, 0.25) is 11.8 Å². The molecule has 2 aromatic rings. The molecule has 0 spiro atoms. The van der Waals surface area contributed by atoms with E-state index in [-0.39, 0.29) is 17.7 Å². The van der Waals surface area contributed by atoms with E-state index in [1.54, 1.807) is 6.26 Å². The van der Waals surface area contributed by atoms with Crippen molar-refractivity contribution in [1.29, 1.82) is 0 Å². The Balaban J connectivity index is 1.17. The van der Waals surface area contributed by atoms with Gasteiger partial charge in [-0.3, -0.25) is 14.5 Å². The van der Waals surface area contributed by atoms with Gasteiger partial charge in [0.25, 0.3) is 0 Å². The number of carbonyl (C=O) groups is 2. The summed E-state index contributed by atoms with van der Waals surface area (Å²) in [6, 6.07) is 11.6. The van der Waals surface area contributed by atoms with Crippen molar-refractivity contribution in [3.05, 3.63) is 48.4 Å². The second-order valence-corrected chi connectivity index (χ2v) is 8.04. The maximum absolute atomic E-state index is 12.4. The lowest BCUT2D eigenvalue weighted by molar-refractivity contribution is -0.126. The van der Waals surface area contributed by atoms with Gasteiger partial charge in [-0.05, 0) is 62.3 Å². The molecule has 2 aliphatic heterocycles. The van der Waals surface area contributed by atoms with Crippen LogP contribution in [-0.2, 0) is 20.9 Å². The number of rotatable bonds is 7. The second-order valence-electron chi connectivity index (χ2n) is 8.04. The minimum absolute atomic E-state index is 0.0120. The molecule has 0 saturated carbocycles. The van der Waals surface area contributed by atoms with Gasteiger partial charge < -0.3 is 24.7 Å². The molecule has 2 amide bonds. The number of hydrogen-bond donors (Lipinski definition) is 2. The highest BCUT2D eigenvalue weighted by Gasteiger charge is 2.26. The van der Waals surface area contributed by atoms with Crippen LogP contribution in [0.15, 0.2) is 47.1 Å². The first-order valence-corrected chi connectivity index (χ1v) is 10.9. The Morgan fingerprint density at radius 3 is 2.42 bits per heavy atom. The first-order valence-electron chi connectivity index (χ1n) is 10.9. The predicted octanol–water partition coefficient (Wildman–Crippen LogP) is 2.08. The van der Waals surface area contributed by atoms with Crippen molar-refractivity contribution < 1.29 is 18.7 Å². The van der Waals surface area contributed by atoms with Crippen molar-refractivity contribution in [2.24, 2.45) is 5.92 Å². The molecule has 0 bridgehead atoms. The molecule has 0 atom stereocenters. The Labute approximate surface area is 182 Å². The molecule has 0 unspecified atom stereocenters. The van der Waals surface area contributed by atoms with Gasteiger partial charge in [0, 0.05) is 30.4 Å². The third-order valence-electron chi connectivity index (χ3n) is 5.87. The van der Waals surface area contributed by atoms with E-state index in [0.29, 0.717) is 13.1 Å². The van der Waals surface area contributed by atoms with Crippen molar-refractivity contribution in [2.45, 2.75) is 19.4 Å². The average Bonchev–Trinajstić information content (AvgIpc) is 3.33. The summed E-state index contributed by atoms with van der Waals surface area (Å²) >= 11 is 0. The molecule has 2 fully saturated rings. The monoisotopic (exact) mass is 426 g/mol. The van der Waals surface area contributed by atoms with Crippen LogP contribution in [-0.4, -0.2) is 62.7 Å². The van der Waals surface area contributed by atoms with E-state index >= 15 is 0 Å². The Bertz CT molecular complexity index is 839. The fourth-order valence-corrected chi connectivity index (χ4v) is 4.07. The number of hydrogen-bond acceptors (Lipinski definition) is 6. The maximum atomic E-state index is 12.4. The van der Waals surface area contributed by atoms with Crippen LogP contribution in [0.4, 0.5) is 11.4 Å². The summed E-state index contributed by atoms with van der Waals surface area (Å²) in [6.45, 7) is 5.52. The van der Waals surface area contributed by atoms with E-state index in [1.165, 1.54) is 0 Å². The normalized spacial score (nSPS) is 18.0. The highest BCUT2D eigenvalue weighted by molar-refractivity contribution is 5.92. The zero-order valence-electron chi connectivity index (χ0n) is 17.7. The summed E-state index contributed by atoms with van der Waals surface area (Å²) in [5.41, 5.74) is 1.95. The molecule has 0 aliphatic carbocycles. The fourth-order valence-electron chi connectivity index (χ4n) is 4.07. The summed E-state index contributed by atoms with van der Waals surface area (Å²) in [5, 5.41) is 5.91. The number of amides is 2. The zero-order chi connectivity index (χ0) is 21.5. The number of furan rings is 1. The average molecular weight is 427 g/mol. The third-order valence-corrected chi connectivity index (χ3v) is 5.87. The summed E-state index contributed by atoms with van der Waals surface area (Å²) < 4.78 is 10.6. The van der Waals surface area contributed by atoms with E-state index < -0.39 is 0 Å². The Hall–Kier alpha value is -2.84. The molecule has 3 heterocycles. The Morgan fingerprint density at radius 1 is 1.00 bits per heavy atom. The number of anilines is 2. The third kappa shape index (κ3) is 6.08. The number of ether oxygens (including phenoxy) is 1. The highest BCUT2D eigenvalue weighted by atomic mass is 16.5. The van der Waals surface area contributed by atoms with Gasteiger partial charge in [-0.15, -0.1) is 0 Å². The maximum Gasteiger partial charge on any atom is 0.238 e. The smallest absolute Gasteiger partial charge is 0.238 e. The molecule has 31 heavy (non-hydrogen) atoms. The fraction of sp³-hybridized carbons (Fsp3) is 0.478. The predicted molar refractivity (Wildman–Crippen MR) is 118 cm³/mol. The minimum atomic E-state index is -0.0279. The van der Waals surface area contributed by atoms with Crippen LogP contribution in [0.2, 0.25) is 0 Å². The molecular formula is C23H30N4O4. The van der Waals surface area contributed by atoms with Crippen LogP contribution >= 0.6 is 0 Å². The van der Waals surface area contributed by atoms with Crippen molar-refractivity contribution in [3.63, 3.8) is 0 Å². The number of carbonyl (C=O) groups excluding carboxylic acids is 2. The van der Waals surface area contributed by atoms with Gasteiger partial charge in [0.15, 0.2) is 0 Å². The molecule has 1 aromatic carbocycles. The molecule has 0 radical (unpaired) electrons. The molecule has 8 nitrogen and oxygen atoms in total. The van der Waals surface area contributed by atoms with Gasteiger partial charge in [-0.2, -0.15) is 0 Å². The number of nitrogens with zero attached hydrogens (tertiary/aromatic N) is 2. The number of piperidine rings is 1. The first-order chi connectivity index (χ1) is 15.2. The van der Waals surface area contributed by atoms with E-state index in [2.05, 4.69) is 20.4 Å². The van der Waals surface area contributed by atoms with Crippen LogP contribution in [0.3, 0.4) is 0 Å². The lowest BCUT2D eigenvalue weighted by Gasteiger charge is -2.30. The van der Waals surface area contributed by atoms with Crippen LogP contribution in [0.25, 0.3) is 0 Å². The first kappa shape index (κ1) is 21.4. The molecule has 2 aliphatic rings. The number of likely N-dealkylation sites (tertiary alicyclic amines) is 1. The standard InChI is InChI=1S/C23H30N4O4/c28-22(25-19-3-5-20(6-4-19)27-11-14-30-15-12-27)17-26-9-7-18(8-10-26)23(29)24-16-21-2-1-13-31-21/h1-6,13,18H,7-12,14-17H2,(H,24,29)(H,25,28). The van der Waals surface area contributed by atoms with Gasteiger partial charge in [-0.1, -0.05) is 0 Å². The Kier molecular flexibility index (Phi) is 7.22. The zero-order valence-corrected chi connectivity index (χ0v) is 17.7. The number of nitrogens with one attached hydrogen (secondary N) is 2. The van der Waals surface area contributed by atoms with Crippen LogP contribution in [0.1, 0.15) is 18.6 Å². The topological polar surface area (TPSA) is 87.0 Å². The summed E-state index contributed by atoms with van der Waals surface area (Å²) in [7, 11) is 0. The summed E-state index contributed by atoms with van der Waals surface area (Å²) in [6.07, 6.45) is 3.11. The van der Waals surface area contributed by atoms with E-state index in [1.807, 2.05) is 36.4 Å². The van der Waals surface area contributed by atoms with Crippen molar-refractivity contribution in [1.82, 2.24) is 10.2 Å². The van der Waals surface area contributed by atoms with E-state index in [9.17, 15) is 9.59 Å². The van der Waals surface area contributed by atoms with Gasteiger partial charge in [0.05, 0.1) is 32.6 Å². The number of benzene rings is 1. The molecule has 4 rings (SSSR count). The summed E-state index contributed by atoms with van der Waals surface area (Å²) in [4.78, 5) is 29.2. The van der Waals surface area contributed by atoms with Gasteiger partial charge >= 0.3 is 0 Å². The Morgan fingerprint density at radius 2 is 1.74 bits per heavy atom. The quantitative estimate of drug-likeness (QED) is 0.705. The summed E-state index contributed by atoms with van der Waals surface area (Å²) in [5.74, 6) is 0.767. The number of morpholine rings is 1. The van der Waals surface area contributed by atoms with Crippen molar-refractivity contribution >= 4 is 23.2 Å². The van der Waals surface area contributed by atoms with Crippen LogP contribution < -0.4 is 15.5 Å². The van der Waals surface area contributed by atoms with Crippen molar-refractivity contribution in [3.8, 4) is 0 Å². The van der Waals surface area contributed by atoms with Crippen LogP contribution in [0, 0.1) is 5.92 Å². The van der Waals surface area contributed by atoms with Gasteiger partial charge in [0.1, 0.15) is 5.76 Å². The second kappa shape index (κ2) is 10.5. The minimum Gasteiger partial charge on any atom is -0.467 e. The van der Waals surface area contributed by atoms with E-state index in [4.69, 9.17) is 9.15 Å². The largest absolute Gasteiger partial charge is 0.467 e. The van der Waals surface area contributed by atoms with Crippen molar-refractivity contribution in [2.75, 3.05) is 56.2 Å². The SMILES string of the molecule is O=C(CN1CCC(C(=O)NCc2ccco2)CC1)Nc1ccc(N2CCOCC2)cc1. The molecular weight excluding hydrogens is 396 g/mol. The molecule has 2 saturated heterocycles. The van der Waals surface area contributed by atoms with Gasteiger partial charge in [-0.25, -0.2) is 0 Å².